The van der Waals surface area contributed by atoms with E-state index in [1.807, 2.05) is 0 Å². The molecule has 0 radical (unpaired) electrons. The van der Waals surface area contributed by atoms with Crippen LogP contribution in [0.3, 0.4) is 0 Å². The zero-order chi connectivity index (χ0) is 14.0. The lowest BCUT2D eigenvalue weighted by Gasteiger charge is -2.18. The average Bonchev–Trinajstić information content (AvgIpc) is 2.61. The Bertz CT molecular complexity index is 537. The van der Waals surface area contributed by atoms with Crippen molar-refractivity contribution < 1.29 is 21.4 Å². The van der Waals surface area contributed by atoms with Crippen LogP contribution in [0.5, 0.6) is 0 Å². The van der Waals surface area contributed by atoms with Gasteiger partial charge >= 0.3 is 0 Å². The Morgan fingerprint density at radius 1 is 1.21 bits per heavy atom. The largest absolute Gasteiger partial charge is 0.267 e. The lowest BCUT2D eigenvalue weighted by Crippen LogP contribution is -2.23. The monoisotopic (exact) mass is 290 g/mol. The number of hydrogen-bond acceptors (Lipinski definition) is 3. The first-order valence-corrected chi connectivity index (χ1v) is 7.98. The molecule has 3 nitrogen and oxygen atoms in total. The number of benzene rings is 1. The first kappa shape index (κ1) is 14.4. The van der Waals surface area contributed by atoms with Crippen LogP contribution >= 0.6 is 0 Å². The van der Waals surface area contributed by atoms with E-state index in [1.54, 1.807) is 0 Å². The van der Waals surface area contributed by atoms with Gasteiger partial charge in [-0.2, -0.15) is 8.42 Å². The molecule has 1 saturated carbocycles. The van der Waals surface area contributed by atoms with Crippen molar-refractivity contribution in [2.75, 3.05) is 6.26 Å². The SMILES string of the molecule is CS(=O)(=O)O[C@@H]1CCC[C@H]1Cc1cc(F)cc(F)c1. The quantitative estimate of drug-likeness (QED) is 0.801. The predicted octanol–water partition coefficient (Wildman–Crippen LogP) is 2.65. The van der Waals surface area contributed by atoms with Gasteiger partial charge in [0.05, 0.1) is 12.4 Å². The van der Waals surface area contributed by atoms with E-state index in [0.29, 0.717) is 18.4 Å². The Labute approximate surface area is 111 Å². The van der Waals surface area contributed by atoms with Gasteiger partial charge in [0.1, 0.15) is 11.6 Å². The lowest BCUT2D eigenvalue weighted by atomic mass is 9.96. The Morgan fingerprint density at radius 2 is 1.84 bits per heavy atom. The van der Waals surface area contributed by atoms with Crippen molar-refractivity contribution in [1.29, 1.82) is 0 Å². The molecular weight excluding hydrogens is 274 g/mol. The fraction of sp³-hybridized carbons (Fsp3) is 0.538. The summed E-state index contributed by atoms with van der Waals surface area (Å²) in [6, 6.07) is 3.38. The van der Waals surface area contributed by atoms with Crippen molar-refractivity contribution in [3.63, 3.8) is 0 Å². The zero-order valence-corrected chi connectivity index (χ0v) is 11.4. The van der Waals surface area contributed by atoms with Crippen LogP contribution in [0.25, 0.3) is 0 Å². The molecule has 6 heteroatoms. The highest BCUT2D eigenvalue weighted by Gasteiger charge is 2.31. The molecule has 0 heterocycles. The van der Waals surface area contributed by atoms with Gasteiger partial charge in [-0.3, -0.25) is 4.18 Å². The molecule has 0 spiro atoms. The zero-order valence-electron chi connectivity index (χ0n) is 10.6. The molecule has 1 aromatic rings. The van der Waals surface area contributed by atoms with E-state index < -0.39 is 21.8 Å². The van der Waals surface area contributed by atoms with E-state index in [0.717, 1.165) is 25.2 Å². The van der Waals surface area contributed by atoms with Crippen LogP contribution in [-0.2, 0) is 20.7 Å². The normalized spacial score (nSPS) is 23.7. The second-order valence-electron chi connectivity index (χ2n) is 5.01. The van der Waals surface area contributed by atoms with E-state index in [-0.39, 0.29) is 12.0 Å². The summed E-state index contributed by atoms with van der Waals surface area (Å²) in [6.45, 7) is 0. The maximum atomic E-state index is 13.1. The highest BCUT2D eigenvalue weighted by atomic mass is 32.2. The van der Waals surface area contributed by atoms with Crippen LogP contribution in [0, 0.1) is 17.6 Å². The van der Waals surface area contributed by atoms with Crippen molar-refractivity contribution in [2.24, 2.45) is 5.92 Å². The first-order chi connectivity index (χ1) is 8.83. The Balaban J connectivity index is 2.09. The Kier molecular flexibility index (Phi) is 4.20. The summed E-state index contributed by atoms with van der Waals surface area (Å²) >= 11 is 0. The average molecular weight is 290 g/mol. The van der Waals surface area contributed by atoms with Crippen LogP contribution < -0.4 is 0 Å². The van der Waals surface area contributed by atoms with Crippen molar-refractivity contribution >= 4 is 10.1 Å². The van der Waals surface area contributed by atoms with E-state index in [4.69, 9.17) is 4.18 Å². The fourth-order valence-corrected chi connectivity index (χ4v) is 3.32. The molecule has 1 aliphatic rings. The van der Waals surface area contributed by atoms with Crippen molar-refractivity contribution in [3.8, 4) is 0 Å². The minimum Gasteiger partial charge on any atom is -0.267 e. The highest BCUT2D eigenvalue weighted by Crippen LogP contribution is 2.32. The van der Waals surface area contributed by atoms with E-state index in [9.17, 15) is 17.2 Å². The second-order valence-corrected chi connectivity index (χ2v) is 6.61. The lowest BCUT2D eigenvalue weighted by molar-refractivity contribution is 0.167. The number of rotatable bonds is 4. The van der Waals surface area contributed by atoms with Gasteiger partial charge in [0.25, 0.3) is 10.1 Å². The number of hydrogen-bond donors (Lipinski definition) is 0. The van der Waals surface area contributed by atoms with Gasteiger partial charge in [-0.1, -0.05) is 6.42 Å². The maximum Gasteiger partial charge on any atom is 0.264 e. The molecule has 2 atom stereocenters. The molecule has 19 heavy (non-hydrogen) atoms. The summed E-state index contributed by atoms with van der Waals surface area (Å²) in [6.07, 6.45) is 3.39. The molecule has 1 aromatic carbocycles. The smallest absolute Gasteiger partial charge is 0.264 e. The molecule has 0 aromatic heterocycles. The third-order valence-corrected chi connectivity index (χ3v) is 3.90. The molecule has 0 aliphatic heterocycles. The van der Waals surface area contributed by atoms with Gasteiger partial charge in [-0.15, -0.1) is 0 Å². The van der Waals surface area contributed by atoms with Crippen LogP contribution in [0.15, 0.2) is 18.2 Å². The molecule has 0 bridgehead atoms. The van der Waals surface area contributed by atoms with Crippen molar-refractivity contribution in [2.45, 2.75) is 31.8 Å². The third-order valence-electron chi connectivity index (χ3n) is 3.31. The minimum atomic E-state index is -3.50. The molecule has 0 N–H and O–H groups in total. The van der Waals surface area contributed by atoms with Gasteiger partial charge < -0.3 is 0 Å². The van der Waals surface area contributed by atoms with Gasteiger partial charge in [0, 0.05) is 6.07 Å². The second kappa shape index (κ2) is 5.54. The minimum absolute atomic E-state index is 0.0177. The van der Waals surface area contributed by atoms with E-state index >= 15 is 0 Å². The van der Waals surface area contributed by atoms with Crippen LogP contribution in [0.4, 0.5) is 8.78 Å². The van der Waals surface area contributed by atoms with Gasteiger partial charge in [0.15, 0.2) is 0 Å². The molecule has 2 rings (SSSR count). The van der Waals surface area contributed by atoms with Gasteiger partial charge in [-0.05, 0) is 42.9 Å². The molecule has 0 amide bonds. The summed E-state index contributed by atoms with van der Waals surface area (Å²) in [4.78, 5) is 0. The Hall–Kier alpha value is -1.01. The highest BCUT2D eigenvalue weighted by molar-refractivity contribution is 7.86. The van der Waals surface area contributed by atoms with Gasteiger partial charge in [-0.25, -0.2) is 8.78 Å². The summed E-state index contributed by atoms with van der Waals surface area (Å²) < 4.78 is 53.5. The van der Waals surface area contributed by atoms with Crippen LogP contribution in [0.1, 0.15) is 24.8 Å². The van der Waals surface area contributed by atoms with Crippen molar-refractivity contribution in [3.05, 3.63) is 35.4 Å². The Morgan fingerprint density at radius 3 is 2.42 bits per heavy atom. The maximum absolute atomic E-state index is 13.1. The van der Waals surface area contributed by atoms with E-state index in [2.05, 4.69) is 0 Å². The molecule has 106 valence electrons. The summed E-state index contributed by atoms with van der Waals surface area (Å²) in [5.41, 5.74) is 0.534. The summed E-state index contributed by atoms with van der Waals surface area (Å²) in [5.74, 6) is -1.25. The number of halogens is 2. The molecule has 1 aliphatic carbocycles. The molecule has 0 unspecified atom stereocenters. The van der Waals surface area contributed by atoms with Crippen LogP contribution in [-0.4, -0.2) is 20.8 Å². The third kappa shape index (κ3) is 4.24. The first-order valence-electron chi connectivity index (χ1n) is 6.17. The summed E-state index contributed by atoms with van der Waals surface area (Å²) in [5, 5.41) is 0. The molecular formula is C13H16F2O3S. The standard InChI is InChI=1S/C13H16F2O3S/c1-19(16,17)18-13-4-2-3-10(13)5-9-6-11(14)8-12(15)7-9/h6-8,10,13H,2-5H2,1H3/t10-,13+/m0/s1. The molecule has 1 fully saturated rings. The van der Waals surface area contributed by atoms with Crippen LogP contribution in [0.2, 0.25) is 0 Å². The van der Waals surface area contributed by atoms with Crippen molar-refractivity contribution in [1.82, 2.24) is 0 Å². The predicted molar refractivity (Wildman–Crippen MR) is 67.1 cm³/mol. The van der Waals surface area contributed by atoms with Gasteiger partial charge in [0.2, 0.25) is 0 Å². The molecule has 0 saturated heterocycles. The van der Waals surface area contributed by atoms with E-state index in [1.165, 1.54) is 12.1 Å². The summed E-state index contributed by atoms with van der Waals surface area (Å²) in [7, 11) is -3.50. The fourth-order valence-electron chi connectivity index (χ4n) is 2.62. The topological polar surface area (TPSA) is 43.4 Å².